The van der Waals surface area contributed by atoms with Crippen molar-refractivity contribution in [2.45, 2.75) is 48.0 Å². The lowest BCUT2D eigenvalue weighted by Gasteiger charge is -2.21. The molecule has 0 rings (SSSR count). The Labute approximate surface area is 92.5 Å². The molecule has 0 N–H and O–H groups in total. The molecule has 0 aromatic rings. The van der Waals surface area contributed by atoms with E-state index in [0.717, 1.165) is 0 Å². The number of ether oxygens (including phenoxy) is 1. The van der Waals surface area contributed by atoms with Gasteiger partial charge in [-0.2, -0.15) is 8.78 Å². The minimum Gasteiger partial charge on any atom is -0.381 e. The summed E-state index contributed by atoms with van der Waals surface area (Å²) in [7, 11) is 0. The third kappa shape index (κ3) is 8.55. The topological polar surface area (TPSA) is 9.23 Å². The molecule has 0 aliphatic carbocycles. The summed E-state index contributed by atoms with van der Waals surface area (Å²) in [6.07, 6.45) is -1.24. The lowest BCUT2D eigenvalue weighted by Crippen LogP contribution is -2.12. The fourth-order valence-electron chi connectivity index (χ4n) is 1.07. The van der Waals surface area contributed by atoms with Gasteiger partial charge in [0.15, 0.2) is 0 Å². The molecule has 0 aromatic carbocycles. The molecule has 92 valence electrons. The molecule has 3 heteroatoms. The average Bonchev–Trinajstić information content (AvgIpc) is 2.13. The second kappa shape index (κ2) is 8.84. The monoisotopic (exact) mass is 222 g/mol. The highest BCUT2D eigenvalue weighted by Crippen LogP contribution is 2.31. The summed E-state index contributed by atoms with van der Waals surface area (Å²) in [5, 5.41) is 0. The lowest BCUT2D eigenvalue weighted by molar-refractivity contribution is 0.145. The van der Waals surface area contributed by atoms with Crippen LogP contribution in [0.3, 0.4) is 0 Å². The molecular weight excluding hydrogens is 198 g/mol. The van der Waals surface area contributed by atoms with Gasteiger partial charge in [0.1, 0.15) is 0 Å². The van der Waals surface area contributed by atoms with Crippen LogP contribution in [0.25, 0.3) is 0 Å². The van der Waals surface area contributed by atoms with E-state index in [9.17, 15) is 8.78 Å². The number of hydrogen-bond donors (Lipinski definition) is 0. The molecule has 0 radical (unpaired) electrons. The summed E-state index contributed by atoms with van der Waals surface area (Å²) in [4.78, 5) is 0. The van der Waals surface area contributed by atoms with Gasteiger partial charge in [0.2, 0.25) is 0 Å². The van der Waals surface area contributed by atoms with Crippen molar-refractivity contribution < 1.29 is 13.5 Å². The molecule has 0 heterocycles. The van der Waals surface area contributed by atoms with Crippen molar-refractivity contribution in [2.24, 2.45) is 5.41 Å². The molecule has 0 aliphatic heterocycles. The Kier molecular flexibility index (Phi) is 10.00. The second-order valence-corrected chi connectivity index (χ2v) is 3.94. The first-order chi connectivity index (χ1) is 6.89. The molecule has 0 saturated heterocycles. The van der Waals surface area contributed by atoms with E-state index in [4.69, 9.17) is 4.74 Å². The van der Waals surface area contributed by atoms with Gasteiger partial charge in [-0.05, 0) is 18.8 Å². The molecule has 0 spiro atoms. The first kappa shape index (κ1) is 17.0. The van der Waals surface area contributed by atoms with Gasteiger partial charge >= 0.3 is 0 Å². The molecule has 0 unspecified atom stereocenters. The molecule has 0 bridgehead atoms. The molecule has 0 amide bonds. The van der Waals surface area contributed by atoms with Crippen molar-refractivity contribution in [3.8, 4) is 0 Å². The molecule has 0 atom stereocenters. The van der Waals surface area contributed by atoms with E-state index in [2.05, 4.69) is 0 Å². The maximum absolute atomic E-state index is 12.4. The highest BCUT2D eigenvalue weighted by atomic mass is 19.3. The van der Waals surface area contributed by atoms with Crippen LogP contribution in [0.5, 0.6) is 0 Å². The third-order valence-corrected chi connectivity index (χ3v) is 1.83. The Morgan fingerprint density at radius 3 is 1.87 bits per heavy atom. The van der Waals surface area contributed by atoms with Crippen molar-refractivity contribution in [1.29, 1.82) is 0 Å². The van der Waals surface area contributed by atoms with Crippen LogP contribution in [0.1, 0.15) is 48.0 Å². The zero-order valence-corrected chi connectivity index (χ0v) is 10.8. The normalized spacial score (nSPS) is 10.4. The van der Waals surface area contributed by atoms with Crippen LogP contribution in [-0.2, 0) is 4.74 Å². The van der Waals surface area contributed by atoms with Crippen LogP contribution >= 0.6 is 0 Å². The zero-order valence-electron chi connectivity index (χ0n) is 10.8. The lowest BCUT2D eigenvalue weighted by atomic mass is 9.85. The maximum Gasteiger partial charge on any atom is 0.270 e. The molecular formula is C12H24F2O. The zero-order chi connectivity index (χ0) is 12.5. The quantitative estimate of drug-likeness (QED) is 0.630. The van der Waals surface area contributed by atoms with Gasteiger partial charge in [0, 0.05) is 12.2 Å². The van der Waals surface area contributed by atoms with E-state index < -0.39 is 11.5 Å². The van der Waals surface area contributed by atoms with Crippen molar-refractivity contribution in [2.75, 3.05) is 13.2 Å². The van der Waals surface area contributed by atoms with Crippen LogP contribution in [0.15, 0.2) is 11.7 Å². The summed E-state index contributed by atoms with van der Waals surface area (Å²) < 4.78 is 29.9. The van der Waals surface area contributed by atoms with Gasteiger partial charge in [-0.15, -0.1) is 0 Å². The third-order valence-electron chi connectivity index (χ3n) is 1.83. The summed E-state index contributed by atoms with van der Waals surface area (Å²) in [5.41, 5.74) is -0.267. The SMILES string of the molecule is CC.CCOCCC(=C(F)F)C(C)(C)C. The van der Waals surface area contributed by atoms with Crippen LogP contribution in [0, 0.1) is 5.41 Å². The Morgan fingerprint density at radius 1 is 1.13 bits per heavy atom. The van der Waals surface area contributed by atoms with Crippen molar-refractivity contribution in [1.82, 2.24) is 0 Å². The molecule has 0 fully saturated rings. The fourth-order valence-corrected chi connectivity index (χ4v) is 1.07. The smallest absolute Gasteiger partial charge is 0.270 e. The standard InChI is InChI=1S/C10H18F2O.C2H6/c1-5-13-7-6-8(9(11)12)10(2,3)4;1-2/h5-7H2,1-4H3;1-2H3. The molecule has 15 heavy (non-hydrogen) atoms. The summed E-state index contributed by atoms with van der Waals surface area (Å²) in [6.45, 7) is 12.2. The first-order valence-electron chi connectivity index (χ1n) is 5.52. The van der Waals surface area contributed by atoms with Gasteiger partial charge in [0.25, 0.3) is 6.08 Å². The van der Waals surface area contributed by atoms with Gasteiger partial charge in [-0.3, -0.25) is 0 Å². The Morgan fingerprint density at radius 2 is 1.60 bits per heavy atom. The van der Waals surface area contributed by atoms with Crippen LogP contribution in [0.4, 0.5) is 8.78 Å². The average molecular weight is 222 g/mol. The molecule has 0 aromatic heterocycles. The number of hydrogen-bond acceptors (Lipinski definition) is 1. The van der Waals surface area contributed by atoms with Crippen molar-refractivity contribution in [3.63, 3.8) is 0 Å². The van der Waals surface area contributed by atoms with E-state index in [1.54, 1.807) is 20.8 Å². The largest absolute Gasteiger partial charge is 0.381 e. The van der Waals surface area contributed by atoms with Gasteiger partial charge in [-0.1, -0.05) is 34.6 Å². The van der Waals surface area contributed by atoms with E-state index in [-0.39, 0.29) is 5.57 Å². The van der Waals surface area contributed by atoms with Crippen molar-refractivity contribution in [3.05, 3.63) is 11.7 Å². The van der Waals surface area contributed by atoms with E-state index >= 15 is 0 Å². The highest BCUT2D eigenvalue weighted by Gasteiger charge is 2.21. The highest BCUT2D eigenvalue weighted by molar-refractivity contribution is 5.11. The maximum atomic E-state index is 12.4. The van der Waals surface area contributed by atoms with E-state index in [1.807, 2.05) is 20.8 Å². The first-order valence-corrected chi connectivity index (χ1v) is 5.52. The molecule has 1 nitrogen and oxygen atoms in total. The molecule has 0 aliphatic rings. The van der Waals surface area contributed by atoms with Crippen LogP contribution < -0.4 is 0 Å². The summed E-state index contributed by atoms with van der Waals surface area (Å²) >= 11 is 0. The summed E-state index contributed by atoms with van der Waals surface area (Å²) in [5.74, 6) is 0. The van der Waals surface area contributed by atoms with Gasteiger partial charge < -0.3 is 4.74 Å². The van der Waals surface area contributed by atoms with Crippen LogP contribution in [-0.4, -0.2) is 13.2 Å². The van der Waals surface area contributed by atoms with Crippen LogP contribution in [0.2, 0.25) is 0 Å². The van der Waals surface area contributed by atoms with Gasteiger partial charge in [-0.25, -0.2) is 0 Å². The Hall–Kier alpha value is -0.440. The number of rotatable bonds is 4. The predicted octanol–water partition coefficient (Wildman–Crippen LogP) is 4.64. The second-order valence-electron chi connectivity index (χ2n) is 3.94. The minimum absolute atomic E-state index is 0.195. The fraction of sp³-hybridized carbons (Fsp3) is 0.833. The van der Waals surface area contributed by atoms with E-state index in [1.165, 1.54) is 0 Å². The summed E-state index contributed by atoms with van der Waals surface area (Å²) in [6, 6.07) is 0. The van der Waals surface area contributed by atoms with Gasteiger partial charge in [0.05, 0.1) is 6.61 Å². The van der Waals surface area contributed by atoms with Crippen molar-refractivity contribution >= 4 is 0 Å². The molecule has 0 saturated carbocycles. The van der Waals surface area contributed by atoms with E-state index in [0.29, 0.717) is 19.6 Å². The Balaban J connectivity index is 0. The minimum atomic E-state index is -1.56. The number of halogens is 2. The predicted molar refractivity (Wildman–Crippen MR) is 61.2 cm³/mol. The Bertz CT molecular complexity index is 177.